The van der Waals surface area contributed by atoms with E-state index in [9.17, 15) is 19.2 Å². The fourth-order valence-electron chi connectivity index (χ4n) is 2.89. The molecule has 1 saturated carbocycles. The number of carbonyl (C=O) groups excluding carboxylic acids is 2. The fraction of sp³-hybridized carbons (Fsp3) is 0.471. The van der Waals surface area contributed by atoms with Crippen LogP contribution >= 0.6 is 11.6 Å². The molecule has 7 heteroatoms. The number of likely N-dealkylation sites (N-methyl/N-ethyl adjacent to an activating group) is 1. The van der Waals surface area contributed by atoms with Crippen molar-refractivity contribution in [2.24, 2.45) is 0 Å². The standard InChI is InChI=1S/C17H18ClFN2O3/c1-21(17(11-20)8-3-2-4-9-17)14(22)10-24-16(23)15-12(18)6-5-7-13(15)19/h5-7H,2-4,8-10H2,1H3. The highest BCUT2D eigenvalue weighted by Gasteiger charge is 2.39. The summed E-state index contributed by atoms with van der Waals surface area (Å²) in [5.41, 5.74) is -1.26. The van der Waals surface area contributed by atoms with Gasteiger partial charge in [-0.25, -0.2) is 9.18 Å². The molecule has 0 aliphatic heterocycles. The second kappa shape index (κ2) is 7.63. The van der Waals surface area contributed by atoms with Crippen molar-refractivity contribution in [1.29, 1.82) is 5.26 Å². The summed E-state index contributed by atoms with van der Waals surface area (Å²) in [6, 6.07) is 6.04. The number of ether oxygens (including phenoxy) is 1. The molecule has 24 heavy (non-hydrogen) atoms. The van der Waals surface area contributed by atoms with E-state index in [1.807, 2.05) is 0 Å². The Balaban J connectivity index is 2.02. The highest BCUT2D eigenvalue weighted by Crippen LogP contribution is 2.32. The summed E-state index contributed by atoms with van der Waals surface area (Å²) in [5, 5.41) is 9.39. The van der Waals surface area contributed by atoms with E-state index in [0.29, 0.717) is 12.8 Å². The minimum Gasteiger partial charge on any atom is -0.452 e. The van der Waals surface area contributed by atoms with Gasteiger partial charge in [-0.2, -0.15) is 5.26 Å². The van der Waals surface area contributed by atoms with E-state index >= 15 is 0 Å². The van der Waals surface area contributed by atoms with Crippen molar-refractivity contribution in [3.05, 3.63) is 34.6 Å². The van der Waals surface area contributed by atoms with Gasteiger partial charge in [0, 0.05) is 7.05 Å². The monoisotopic (exact) mass is 352 g/mol. The number of hydrogen-bond acceptors (Lipinski definition) is 4. The van der Waals surface area contributed by atoms with Gasteiger partial charge < -0.3 is 9.64 Å². The lowest BCUT2D eigenvalue weighted by atomic mass is 9.81. The molecule has 5 nitrogen and oxygen atoms in total. The Morgan fingerprint density at radius 3 is 2.62 bits per heavy atom. The lowest BCUT2D eigenvalue weighted by molar-refractivity contribution is -0.138. The molecule has 1 aromatic carbocycles. The number of nitrogens with zero attached hydrogens (tertiary/aromatic N) is 2. The predicted molar refractivity (Wildman–Crippen MR) is 85.9 cm³/mol. The topological polar surface area (TPSA) is 70.4 Å². The Labute approximate surface area is 144 Å². The zero-order valence-corrected chi connectivity index (χ0v) is 14.1. The molecule has 0 unspecified atom stereocenters. The Hall–Kier alpha value is -2.13. The average Bonchev–Trinajstić information content (AvgIpc) is 2.59. The van der Waals surface area contributed by atoms with Crippen LogP contribution in [0, 0.1) is 17.1 Å². The average molecular weight is 353 g/mol. The van der Waals surface area contributed by atoms with Gasteiger partial charge in [-0.3, -0.25) is 4.79 Å². The number of carbonyl (C=O) groups is 2. The van der Waals surface area contributed by atoms with Crippen LogP contribution in [-0.2, 0) is 9.53 Å². The second-order valence-electron chi connectivity index (χ2n) is 5.83. The van der Waals surface area contributed by atoms with Crippen LogP contribution in [0.15, 0.2) is 18.2 Å². The summed E-state index contributed by atoms with van der Waals surface area (Å²) in [4.78, 5) is 25.6. The van der Waals surface area contributed by atoms with E-state index in [-0.39, 0.29) is 5.02 Å². The van der Waals surface area contributed by atoms with Gasteiger partial charge in [0.05, 0.1) is 11.1 Å². The fourth-order valence-corrected chi connectivity index (χ4v) is 3.13. The van der Waals surface area contributed by atoms with Crippen molar-refractivity contribution in [1.82, 2.24) is 4.90 Å². The van der Waals surface area contributed by atoms with Gasteiger partial charge in [0.15, 0.2) is 6.61 Å². The third-order valence-electron chi connectivity index (χ3n) is 4.40. The van der Waals surface area contributed by atoms with Gasteiger partial charge in [0.25, 0.3) is 5.91 Å². The molecular formula is C17H18ClFN2O3. The Kier molecular flexibility index (Phi) is 5.79. The normalized spacial score (nSPS) is 16.1. The molecule has 1 fully saturated rings. The molecule has 0 radical (unpaired) electrons. The molecule has 1 aliphatic carbocycles. The van der Waals surface area contributed by atoms with E-state index in [1.165, 1.54) is 24.1 Å². The first-order valence-corrected chi connectivity index (χ1v) is 8.08. The van der Waals surface area contributed by atoms with Gasteiger partial charge in [0.2, 0.25) is 0 Å². The van der Waals surface area contributed by atoms with E-state index in [1.54, 1.807) is 0 Å². The molecule has 0 N–H and O–H groups in total. The van der Waals surface area contributed by atoms with Crippen LogP contribution in [-0.4, -0.2) is 36.0 Å². The summed E-state index contributed by atoms with van der Waals surface area (Å²) in [5.74, 6) is -2.32. The number of benzene rings is 1. The lowest BCUT2D eigenvalue weighted by Gasteiger charge is -2.38. The van der Waals surface area contributed by atoms with Crippen LogP contribution in [0.1, 0.15) is 42.5 Å². The number of nitriles is 1. The number of amides is 1. The minimum absolute atomic E-state index is 0.0819. The molecule has 0 saturated heterocycles. The molecule has 2 rings (SSSR count). The zero-order valence-electron chi connectivity index (χ0n) is 13.3. The molecule has 1 aromatic rings. The van der Waals surface area contributed by atoms with Gasteiger partial charge in [-0.15, -0.1) is 0 Å². The first kappa shape index (κ1) is 18.2. The zero-order chi connectivity index (χ0) is 17.7. The van der Waals surface area contributed by atoms with E-state index < -0.39 is 35.4 Å². The highest BCUT2D eigenvalue weighted by atomic mass is 35.5. The molecular weight excluding hydrogens is 335 g/mol. The summed E-state index contributed by atoms with van der Waals surface area (Å²) in [6.07, 6.45) is 3.97. The molecule has 0 aromatic heterocycles. The first-order chi connectivity index (χ1) is 11.4. The smallest absolute Gasteiger partial charge is 0.343 e. The van der Waals surface area contributed by atoms with Crippen molar-refractivity contribution in [3.63, 3.8) is 0 Å². The molecule has 0 atom stereocenters. The maximum absolute atomic E-state index is 13.7. The van der Waals surface area contributed by atoms with Crippen LogP contribution in [0.25, 0.3) is 0 Å². The molecule has 0 spiro atoms. The number of halogens is 2. The summed E-state index contributed by atoms with van der Waals surface area (Å²) in [6.45, 7) is -0.566. The number of rotatable bonds is 4. The van der Waals surface area contributed by atoms with Gasteiger partial charge in [-0.05, 0) is 25.0 Å². The lowest BCUT2D eigenvalue weighted by Crippen LogP contribution is -2.51. The van der Waals surface area contributed by atoms with E-state index in [0.717, 1.165) is 25.3 Å². The Bertz CT molecular complexity index is 661. The van der Waals surface area contributed by atoms with E-state index in [2.05, 4.69) is 6.07 Å². The van der Waals surface area contributed by atoms with Crippen LogP contribution < -0.4 is 0 Å². The molecule has 0 heterocycles. The van der Waals surface area contributed by atoms with Crippen molar-refractivity contribution in [3.8, 4) is 6.07 Å². The third-order valence-corrected chi connectivity index (χ3v) is 4.71. The van der Waals surface area contributed by atoms with Crippen LogP contribution in [0.5, 0.6) is 0 Å². The molecule has 1 amide bonds. The predicted octanol–water partition coefficient (Wildman–Crippen LogP) is 3.32. The molecule has 0 bridgehead atoms. The van der Waals surface area contributed by atoms with Crippen LogP contribution in [0.2, 0.25) is 5.02 Å². The van der Waals surface area contributed by atoms with Crippen LogP contribution in [0.4, 0.5) is 4.39 Å². The summed E-state index contributed by atoms with van der Waals surface area (Å²) < 4.78 is 18.6. The maximum Gasteiger partial charge on any atom is 0.343 e. The number of hydrogen-bond donors (Lipinski definition) is 0. The first-order valence-electron chi connectivity index (χ1n) is 7.70. The Morgan fingerprint density at radius 2 is 2.04 bits per heavy atom. The van der Waals surface area contributed by atoms with Crippen molar-refractivity contribution >= 4 is 23.5 Å². The minimum atomic E-state index is -1.01. The second-order valence-corrected chi connectivity index (χ2v) is 6.24. The SMILES string of the molecule is CN(C(=O)COC(=O)c1c(F)cccc1Cl)C1(C#N)CCCCC1. The number of esters is 1. The van der Waals surface area contributed by atoms with E-state index in [4.69, 9.17) is 16.3 Å². The Morgan fingerprint density at radius 1 is 1.38 bits per heavy atom. The summed E-state index contributed by atoms with van der Waals surface area (Å²) >= 11 is 5.79. The quantitative estimate of drug-likeness (QED) is 0.779. The van der Waals surface area contributed by atoms with Gasteiger partial charge >= 0.3 is 5.97 Å². The molecule has 128 valence electrons. The van der Waals surface area contributed by atoms with Gasteiger partial charge in [0.1, 0.15) is 16.9 Å². The van der Waals surface area contributed by atoms with Crippen molar-refractivity contribution < 1.29 is 18.7 Å². The molecule has 1 aliphatic rings. The van der Waals surface area contributed by atoms with Crippen LogP contribution in [0.3, 0.4) is 0 Å². The van der Waals surface area contributed by atoms with Crippen molar-refractivity contribution in [2.75, 3.05) is 13.7 Å². The largest absolute Gasteiger partial charge is 0.452 e. The van der Waals surface area contributed by atoms with Crippen molar-refractivity contribution in [2.45, 2.75) is 37.6 Å². The highest BCUT2D eigenvalue weighted by molar-refractivity contribution is 6.33. The summed E-state index contributed by atoms with van der Waals surface area (Å²) in [7, 11) is 1.53. The van der Waals surface area contributed by atoms with Gasteiger partial charge in [-0.1, -0.05) is 36.9 Å². The maximum atomic E-state index is 13.7. The third kappa shape index (κ3) is 3.68.